The van der Waals surface area contributed by atoms with Crippen LogP contribution >= 0.6 is 0 Å². The molecular weight excluding hydrogens is 665 g/mol. The molecule has 0 saturated heterocycles. The maximum Gasteiger partial charge on any atom is 0.262 e. The molecule has 290 valence electrons. The average Bonchev–Trinajstić information content (AvgIpc) is 3.04. The largest absolute Gasteiger partial charge is 0.716 e. The molecule has 6 heteroatoms. The van der Waals surface area contributed by atoms with Gasteiger partial charge >= 0.3 is 0 Å². The number of hydrogen-bond acceptors (Lipinski definition) is 5. The van der Waals surface area contributed by atoms with Crippen LogP contribution in [0.5, 0.6) is 11.5 Å². The Hall–Kier alpha value is -3.35. The summed E-state index contributed by atoms with van der Waals surface area (Å²) < 4.78 is 37.6. The molecule has 0 heterocycles. The Morgan fingerprint density at radius 2 is 0.846 bits per heavy atom. The minimum Gasteiger partial charge on any atom is -0.716 e. The van der Waals surface area contributed by atoms with Gasteiger partial charge in [0, 0.05) is 5.56 Å². The van der Waals surface area contributed by atoms with E-state index in [4.69, 9.17) is 0 Å². The lowest BCUT2D eigenvalue weighted by atomic mass is 10.0. The van der Waals surface area contributed by atoms with Crippen LogP contribution in [0.1, 0.15) is 158 Å². The van der Waals surface area contributed by atoms with E-state index in [9.17, 15) is 18.1 Å². The predicted octanol–water partition coefficient (Wildman–Crippen LogP) is 13.8. The van der Waals surface area contributed by atoms with Gasteiger partial charge in [0.25, 0.3) is 10.4 Å². The van der Waals surface area contributed by atoms with Gasteiger partial charge in [0.05, 0.1) is 0 Å². The van der Waals surface area contributed by atoms with Crippen LogP contribution in [-0.4, -0.2) is 18.1 Å². The highest BCUT2D eigenvalue weighted by atomic mass is 32.3. The molecule has 0 atom stereocenters. The number of benzene rings is 1. The number of allylic oxidation sites excluding steroid dienone is 16. The zero-order valence-corrected chi connectivity index (χ0v) is 34.8. The maximum absolute atomic E-state index is 11.0. The first kappa shape index (κ1) is 46.7. The summed E-state index contributed by atoms with van der Waals surface area (Å²) in [5, 5.41) is 9.77. The molecule has 0 amide bonds. The Morgan fingerprint density at radius 3 is 1.15 bits per heavy atom. The van der Waals surface area contributed by atoms with E-state index in [2.05, 4.69) is 102 Å². The van der Waals surface area contributed by atoms with Gasteiger partial charge in [-0.2, -0.15) is 0 Å². The molecule has 0 unspecified atom stereocenters. The summed E-state index contributed by atoms with van der Waals surface area (Å²) in [6, 6.07) is 4.00. The second-order valence-corrected chi connectivity index (χ2v) is 15.9. The minimum absolute atomic E-state index is 0.0133. The van der Waals surface area contributed by atoms with E-state index in [1.807, 2.05) is 13.0 Å². The van der Waals surface area contributed by atoms with Gasteiger partial charge in [-0.15, -0.1) is 0 Å². The van der Waals surface area contributed by atoms with Crippen molar-refractivity contribution in [3.05, 3.63) is 117 Å². The number of aromatic hydroxyl groups is 1. The van der Waals surface area contributed by atoms with Crippen LogP contribution < -0.4 is 4.18 Å². The smallest absolute Gasteiger partial charge is 0.262 e. The molecule has 52 heavy (non-hydrogen) atoms. The summed E-state index contributed by atoms with van der Waals surface area (Å²) >= 11 is 0. The van der Waals surface area contributed by atoms with Crippen LogP contribution in [0.25, 0.3) is 0 Å². The molecule has 0 radical (unpaired) electrons. The highest BCUT2D eigenvalue weighted by Crippen LogP contribution is 2.26. The zero-order valence-electron chi connectivity index (χ0n) is 33.9. The third-order valence-corrected chi connectivity index (χ3v) is 9.57. The first-order valence-corrected chi connectivity index (χ1v) is 20.6. The fourth-order valence-corrected chi connectivity index (χ4v) is 6.16. The molecule has 0 bridgehead atoms. The summed E-state index contributed by atoms with van der Waals surface area (Å²) in [5.74, 6) is -0.0680. The standard InChI is InChI=1S/C46H70O5S/c1-36(2)17-10-18-37(3)19-11-20-38(4)21-12-22-39(5)23-13-24-40(6)25-14-26-41(7)27-15-28-42(8)29-16-30-43(9)31-32-44-35-45(47)33-34-46(44)51-52(48,49)50/h17,19,21,23,25,27,29,31,33-35,47H,10-16,18,20,22,24,26,28,30,32H2,1-9H3,(H,48,49,50)/p-1/b37-19+,38-21+,39-23+,40-25+,41-27+,42-29+,43-31+. The van der Waals surface area contributed by atoms with Gasteiger partial charge in [-0.3, -0.25) is 0 Å². The van der Waals surface area contributed by atoms with Crippen LogP contribution in [0.3, 0.4) is 0 Å². The Balaban J connectivity index is 2.33. The molecule has 0 saturated carbocycles. The first-order chi connectivity index (χ1) is 24.5. The third kappa shape index (κ3) is 25.6. The summed E-state index contributed by atoms with van der Waals surface area (Å²) in [4.78, 5) is 0. The van der Waals surface area contributed by atoms with Crippen molar-refractivity contribution in [2.75, 3.05) is 0 Å². The van der Waals surface area contributed by atoms with Crippen LogP contribution in [-0.2, 0) is 16.8 Å². The predicted molar refractivity (Wildman–Crippen MR) is 223 cm³/mol. The number of phenols is 1. The van der Waals surface area contributed by atoms with Gasteiger partial charge in [-0.05, 0) is 177 Å². The summed E-state index contributed by atoms with van der Waals surface area (Å²) in [5.41, 5.74) is 11.8. The monoisotopic (exact) mass is 733 g/mol. The van der Waals surface area contributed by atoms with Crippen molar-refractivity contribution in [1.82, 2.24) is 0 Å². The van der Waals surface area contributed by atoms with E-state index in [0.717, 1.165) is 89.0 Å². The van der Waals surface area contributed by atoms with Gasteiger partial charge in [0.2, 0.25) is 0 Å². The number of phenolic OH excluding ortho intramolecular Hbond substituents is 1. The van der Waals surface area contributed by atoms with Crippen molar-refractivity contribution < 1.29 is 22.3 Å². The van der Waals surface area contributed by atoms with Gasteiger partial charge in [-0.1, -0.05) is 93.2 Å². The van der Waals surface area contributed by atoms with E-state index in [1.54, 1.807) is 0 Å². The Morgan fingerprint density at radius 1 is 0.538 bits per heavy atom. The molecule has 1 N–H and O–H groups in total. The van der Waals surface area contributed by atoms with Crippen LogP contribution in [0.4, 0.5) is 0 Å². The number of hydrogen-bond donors (Lipinski definition) is 1. The van der Waals surface area contributed by atoms with E-state index >= 15 is 0 Å². The summed E-state index contributed by atoms with van der Waals surface area (Å²) in [7, 11) is -4.88. The maximum atomic E-state index is 11.0. The van der Waals surface area contributed by atoms with Gasteiger partial charge in [-0.25, -0.2) is 8.42 Å². The lowest BCUT2D eigenvalue weighted by Crippen LogP contribution is -2.08. The normalized spacial score (nSPS) is 14.2. The van der Waals surface area contributed by atoms with E-state index in [1.165, 1.54) is 63.6 Å². The third-order valence-electron chi connectivity index (χ3n) is 9.19. The summed E-state index contributed by atoms with van der Waals surface area (Å²) in [6.45, 7) is 19.8. The molecule has 1 rings (SSSR count). The van der Waals surface area contributed by atoms with Gasteiger partial charge in [0.15, 0.2) is 0 Å². The fraction of sp³-hybridized carbons (Fsp3) is 0.522. The highest BCUT2D eigenvalue weighted by Gasteiger charge is 2.08. The quantitative estimate of drug-likeness (QED) is 0.0614. The van der Waals surface area contributed by atoms with Crippen molar-refractivity contribution in [1.29, 1.82) is 0 Å². The van der Waals surface area contributed by atoms with Crippen LogP contribution in [0, 0.1) is 0 Å². The number of rotatable bonds is 25. The molecule has 1 aromatic rings. The molecule has 1 aromatic carbocycles. The van der Waals surface area contributed by atoms with Crippen molar-refractivity contribution in [3.63, 3.8) is 0 Å². The van der Waals surface area contributed by atoms with Gasteiger partial charge < -0.3 is 13.8 Å². The average molecular weight is 734 g/mol. The molecule has 0 aromatic heterocycles. The lowest BCUT2D eigenvalue weighted by molar-refractivity contribution is 0.370. The van der Waals surface area contributed by atoms with E-state index in [0.29, 0.717) is 12.0 Å². The molecule has 0 fully saturated rings. The minimum atomic E-state index is -4.88. The van der Waals surface area contributed by atoms with E-state index < -0.39 is 10.4 Å². The highest BCUT2D eigenvalue weighted by molar-refractivity contribution is 7.81. The molecular formula is C46H69O5S-. The molecule has 0 aliphatic heterocycles. The Labute approximate surface area is 318 Å². The van der Waals surface area contributed by atoms with Gasteiger partial charge in [0.1, 0.15) is 11.5 Å². The molecule has 5 nitrogen and oxygen atoms in total. The second-order valence-electron chi connectivity index (χ2n) is 14.9. The topological polar surface area (TPSA) is 86.7 Å². The van der Waals surface area contributed by atoms with Crippen molar-refractivity contribution >= 4 is 10.4 Å². The Bertz CT molecular complexity index is 1590. The molecule has 0 aliphatic carbocycles. The molecule has 0 spiro atoms. The zero-order chi connectivity index (χ0) is 38.9. The van der Waals surface area contributed by atoms with Crippen molar-refractivity contribution in [2.24, 2.45) is 0 Å². The van der Waals surface area contributed by atoms with E-state index in [-0.39, 0.29) is 11.5 Å². The lowest BCUT2D eigenvalue weighted by Gasteiger charge is -2.13. The fourth-order valence-electron chi connectivity index (χ4n) is 5.78. The van der Waals surface area contributed by atoms with Crippen molar-refractivity contribution in [2.45, 2.75) is 159 Å². The Kier molecular flexibility index (Phi) is 23.7. The first-order valence-electron chi connectivity index (χ1n) is 19.2. The van der Waals surface area contributed by atoms with Crippen LogP contribution in [0.2, 0.25) is 0 Å². The van der Waals surface area contributed by atoms with Crippen molar-refractivity contribution in [3.8, 4) is 11.5 Å². The van der Waals surface area contributed by atoms with Crippen LogP contribution in [0.15, 0.2) is 111 Å². The SMILES string of the molecule is CC(C)=CCC/C(C)=C/CC/C(C)=C/CC/C(C)=C/CC/C(C)=C/CC/C(C)=C/CC/C(C)=C/CC/C(C)=C/Cc1cc(O)ccc1OS(=O)(=O)[O-]. The summed E-state index contributed by atoms with van der Waals surface area (Å²) in [6.07, 6.45) is 34.2. The second kappa shape index (κ2) is 26.4. The molecule has 0 aliphatic rings.